The highest BCUT2D eigenvalue weighted by atomic mass is 16.7. The zero-order chi connectivity index (χ0) is 42.8. The summed E-state index contributed by atoms with van der Waals surface area (Å²) in [6.45, 7) is 6.89. The summed E-state index contributed by atoms with van der Waals surface area (Å²) in [5.41, 5.74) is -3.58. The van der Waals surface area contributed by atoms with Gasteiger partial charge >= 0.3 is 5.97 Å². The van der Waals surface area contributed by atoms with E-state index < -0.39 is 125 Å². The van der Waals surface area contributed by atoms with Gasteiger partial charge in [0, 0.05) is 49.3 Å². The Morgan fingerprint density at radius 2 is 1.47 bits per heavy atom. The molecule has 3 fully saturated rings. The van der Waals surface area contributed by atoms with Gasteiger partial charge in [-0.25, -0.2) is 0 Å². The Balaban J connectivity index is 1.14. The number of Topliss-reactive ketones (excluding diaryl/α,β-unsaturated/α-hetero) is 1. The normalized spacial score (nSPS) is 35.9. The number of hydrogen-bond acceptors (Lipinski definition) is 17. The quantitative estimate of drug-likeness (QED) is 0.154. The van der Waals surface area contributed by atoms with Crippen molar-refractivity contribution >= 4 is 23.3 Å². The zero-order valence-electron chi connectivity index (χ0n) is 34.1. The van der Waals surface area contributed by atoms with E-state index in [2.05, 4.69) is 0 Å². The zero-order valence-corrected chi connectivity index (χ0v) is 34.1. The van der Waals surface area contributed by atoms with Gasteiger partial charge in [-0.3, -0.25) is 19.2 Å². The van der Waals surface area contributed by atoms with Crippen molar-refractivity contribution in [3.8, 4) is 17.2 Å². The molecule has 0 unspecified atom stereocenters. The summed E-state index contributed by atoms with van der Waals surface area (Å²) in [5, 5.41) is 56.5. The predicted octanol–water partition coefficient (Wildman–Crippen LogP) is 2.86. The number of carbonyl (C=O) groups is 4. The highest BCUT2D eigenvalue weighted by Crippen LogP contribution is 2.54. The smallest absolute Gasteiger partial charge is 0.316 e. The van der Waals surface area contributed by atoms with Gasteiger partial charge in [-0.15, -0.1) is 0 Å². The number of phenols is 3. The van der Waals surface area contributed by atoms with Gasteiger partial charge in [0.25, 0.3) is 0 Å². The number of phenolic OH excluding ortho intramolecular Hbond substituents is 3. The van der Waals surface area contributed by atoms with Gasteiger partial charge in [0.2, 0.25) is 5.78 Å². The first-order chi connectivity index (χ1) is 27.9. The molecule has 2 aliphatic carbocycles. The van der Waals surface area contributed by atoms with Crippen LogP contribution in [0.3, 0.4) is 0 Å². The van der Waals surface area contributed by atoms with E-state index in [0.29, 0.717) is 12.8 Å². The van der Waals surface area contributed by atoms with E-state index in [9.17, 15) is 44.7 Å². The first-order valence-corrected chi connectivity index (χ1v) is 20.0. The number of nitrogens with zero attached hydrogens (tertiary/aromatic N) is 1. The molecule has 2 aromatic carbocycles. The van der Waals surface area contributed by atoms with Crippen LogP contribution in [0.5, 0.6) is 17.2 Å². The van der Waals surface area contributed by atoms with Gasteiger partial charge in [-0.2, -0.15) is 0 Å². The van der Waals surface area contributed by atoms with Gasteiger partial charge in [-0.05, 0) is 65.0 Å². The Hall–Kier alpha value is -4.04. The molecule has 3 saturated heterocycles. The number of methoxy groups -OCH3 is 1. The number of aliphatic hydroxyl groups is 2. The minimum absolute atomic E-state index is 0.00116. The summed E-state index contributed by atoms with van der Waals surface area (Å²) < 4.78 is 42.6. The van der Waals surface area contributed by atoms with Crippen molar-refractivity contribution < 1.29 is 77.9 Å². The third-order valence-electron chi connectivity index (χ3n) is 12.5. The van der Waals surface area contributed by atoms with E-state index in [0.717, 1.165) is 19.2 Å². The van der Waals surface area contributed by atoms with Crippen molar-refractivity contribution in [1.82, 2.24) is 4.90 Å². The van der Waals surface area contributed by atoms with Crippen molar-refractivity contribution in [2.45, 2.75) is 145 Å². The van der Waals surface area contributed by atoms with Gasteiger partial charge < -0.3 is 63.6 Å². The molecule has 0 bridgehead atoms. The monoisotopic (exact) mass is 827 g/mol. The van der Waals surface area contributed by atoms with Crippen LogP contribution < -0.4 is 0 Å². The molecule has 0 saturated carbocycles. The lowest BCUT2D eigenvalue weighted by molar-refractivity contribution is -0.324. The van der Waals surface area contributed by atoms with Crippen LogP contribution in [-0.2, 0) is 42.7 Å². The topological polar surface area (TPSA) is 237 Å². The van der Waals surface area contributed by atoms with E-state index in [1.54, 1.807) is 27.7 Å². The number of ether oxygens (including phenoxy) is 7. The van der Waals surface area contributed by atoms with Gasteiger partial charge in [-0.1, -0.05) is 6.92 Å². The molecular formula is C42H53NO16. The second-order valence-corrected chi connectivity index (χ2v) is 16.4. The molecule has 59 heavy (non-hydrogen) atoms. The molecule has 17 heteroatoms. The van der Waals surface area contributed by atoms with Crippen molar-refractivity contribution in [2.75, 3.05) is 21.2 Å². The number of aromatic hydroxyl groups is 3. The summed E-state index contributed by atoms with van der Waals surface area (Å²) in [6.07, 6.45) is -6.99. The number of esters is 1. The fourth-order valence-electron chi connectivity index (χ4n) is 9.33. The van der Waals surface area contributed by atoms with E-state index in [1.807, 2.05) is 19.0 Å². The summed E-state index contributed by atoms with van der Waals surface area (Å²) in [7, 11) is 4.85. The number of hydrogen-bond donors (Lipinski definition) is 5. The van der Waals surface area contributed by atoms with E-state index >= 15 is 0 Å². The molecule has 5 aliphatic rings. The Morgan fingerprint density at radius 1 is 0.864 bits per heavy atom. The minimum atomic E-state index is -1.81. The van der Waals surface area contributed by atoms with Gasteiger partial charge in [0.1, 0.15) is 41.5 Å². The lowest BCUT2D eigenvalue weighted by atomic mass is 9.67. The molecule has 7 rings (SSSR count). The Bertz CT molecular complexity index is 1990. The summed E-state index contributed by atoms with van der Waals surface area (Å²) in [5.74, 6) is -5.90. The van der Waals surface area contributed by atoms with Crippen LogP contribution >= 0.6 is 0 Å². The number of fused-ring (bicyclic) bond motifs is 3. The lowest BCUT2D eigenvalue weighted by Gasteiger charge is -2.48. The Kier molecular flexibility index (Phi) is 12.0. The predicted molar refractivity (Wildman–Crippen MR) is 203 cm³/mol. The number of aliphatic hydroxyl groups excluding tert-OH is 1. The molecular weight excluding hydrogens is 774 g/mol. The van der Waals surface area contributed by atoms with Crippen LogP contribution in [0.25, 0.3) is 0 Å². The molecule has 3 aliphatic heterocycles. The molecule has 5 N–H and O–H groups in total. The molecule has 3 heterocycles. The molecule has 0 spiro atoms. The second-order valence-electron chi connectivity index (χ2n) is 16.4. The van der Waals surface area contributed by atoms with Crippen molar-refractivity contribution in [3.05, 3.63) is 51.6 Å². The maximum Gasteiger partial charge on any atom is 0.316 e. The van der Waals surface area contributed by atoms with Crippen LogP contribution in [0.1, 0.15) is 121 Å². The molecule has 0 amide bonds. The van der Waals surface area contributed by atoms with Crippen molar-refractivity contribution in [2.24, 2.45) is 0 Å². The van der Waals surface area contributed by atoms with E-state index in [-0.39, 0.29) is 54.2 Å². The summed E-state index contributed by atoms with van der Waals surface area (Å²) >= 11 is 0. The Labute approximate surface area is 341 Å². The fourth-order valence-corrected chi connectivity index (χ4v) is 9.33. The highest BCUT2D eigenvalue weighted by molar-refractivity contribution is 6.31. The molecule has 13 atom stereocenters. The van der Waals surface area contributed by atoms with E-state index in [4.69, 9.17) is 33.2 Å². The summed E-state index contributed by atoms with van der Waals surface area (Å²) in [6, 6.07) is 3.01. The third-order valence-corrected chi connectivity index (χ3v) is 12.5. The first kappa shape index (κ1) is 43.1. The van der Waals surface area contributed by atoms with Gasteiger partial charge in [0.15, 0.2) is 30.4 Å². The van der Waals surface area contributed by atoms with Crippen LogP contribution in [0, 0.1) is 0 Å². The van der Waals surface area contributed by atoms with Crippen LogP contribution in [-0.4, -0.2) is 142 Å². The number of benzene rings is 2. The number of ketones is 3. The molecule has 0 radical (unpaired) electrons. The summed E-state index contributed by atoms with van der Waals surface area (Å²) in [4.78, 5) is 55.1. The third kappa shape index (κ3) is 7.65. The van der Waals surface area contributed by atoms with Crippen LogP contribution in [0.15, 0.2) is 18.2 Å². The number of likely N-dealkylation sites (N-methyl/N-ethyl adjacent to an activating group) is 1. The molecule has 322 valence electrons. The van der Waals surface area contributed by atoms with E-state index in [1.165, 1.54) is 6.07 Å². The second kappa shape index (κ2) is 16.4. The number of rotatable bonds is 9. The maximum absolute atomic E-state index is 14.0. The Morgan fingerprint density at radius 3 is 2.07 bits per heavy atom. The minimum Gasteiger partial charge on any atom is -0.507 e. The van der Waals surface area contributed by atoms with Crippen molar-refractivity contribution in [3.63, 3.8) is 0 Å². The molecule has 17 nitrogen and oxygen atoms in total. The lowest BCUT2D eigenvalue weighted by Crippen LogP contribution is -2.58. The highest BCUT2D eigenvalue weighted by Gasteiger charge is 2.54. The molecule has 0 aromatic heterocycles. The van der Waals surface area contributed by atoms with Crippen LogP contribution in [0.2, 0.25) is 0 Å². The fraction of sp³-hybridized carbons (Fsp3) is 0.619. The number of carbonyl (C=O) groups excluding carboxylic acids is 4. The largest absolute Gasteiger partial charge is 0.507 e. The SMILES string of the molecule is CC[C@@]1(O)C[C@H](O[C@@H]2C[C@@H](N(C)C)[C@@H](O[C@@H]3C[C@@H](O)[C@@H](O[C@@H]4CCC(=O)[C@@H](C)O4)[C@@H](C)O3)[C@@H](C)O2)c2c(cc3c(c2O)C(=O)c2c(O)ccc(O)c2C3=O)[C@H]1C(=O)OC. The van der Waals surface area contributed by atoms with Gasteiger partial charge in [0.05, 0.1) is 53.8 Å². The van der Waals surface area contributed by atoms with Crippen LogP contribution in [0.4, 0.5) is 0 Å². The average Bonchev–Trinajstić information content (AvgIpc) is 3.17. The molecule has 2 aromatic rings. The standard InChI is InChI=1S/C42H53NO16/c1-8-42(52)16-27(31-20(35(42)41(51)53-7)13-21-32(37(31)49)38(50)34-25(46)10-9-24(45)33(34)36(21)48)57-29-14-22(43(5)6)39(18(3)55-29)59-30-15-26(47)40(19(4)56-30)58-28-12-11-23(44)17(2)54-28/h9-10,13,17-19,22,26-30,35,39-40,45-47,49,52H,8,11-12,14-16H2,1-7H3/t17-,18-,19-,22-,26-,27+,28-,29-,30-,35+,39+,40+,42-/m1/s1. The average molecular weight is 828 g/mol. The maximum atomic E-state index is 14.0. The first-order valence-electron chi connectivity index (χ1n) is 20.0. The van der Waals surface area contributed by atoms with Crippen molar-refractivity contribution in [1.29, 1.82) is 0 Å².